The Kier molecular flexibility index (Phi) is 5.34. The van der Waals surface area contributed by atoms with Crippen LogP contribution in [0.1, 0.15) is 33.1 Å². The number of nitrogens with zero attached hydrogens (tertiary/aromatic N) is 1. The van der Waals surface area contributed by atoms with Gasteiger partial charge in [-0.1, -0.05) is 19.8 Å². The fourth-order valence-corrected chi connectivity index (χ4v) is 2.10. The molecule has 0 saturated carbocycles. The highest BCUT2D eigenvalue weighted by Crippen LogP contribution is 2.09. The predicted octanol–water partition coefficient (Wildman–Crippen LogP) is 1.25. The smallest absolute Gasteiger partial charge is 0.234 e. The molecule has 1 amide bonds. The van der Waals surface area contributed by atoms with E-state index in [0.29, 0.717) is 12.0 Å². The van der Waals surface area contributed by atoms with Crippen molar-refractivity contribution in [3.05, 3.63) is 0 Å². The van der Waals surface area contributed by atoms with Crippen molar-refractivity contribution < 1.29 is 4.79 Å². The summed E-state index contributed by atoms with van der Waals surface area (Å²) in [6, 6.07) is 0.459. The van der Waals surface area contributed by atoms with Crippen LogP contribution >= 0.6 is 0 Å². The average molecular weight is 222 g/mol. The number of hydrogen-bond donors (Lipinski definition) is 1. The molecular formula is C13H22N2O. The second-order valence-electron chi connectivity index (χ2n) is 4.87. The van der Waals surface area contributed by atoms with Crippen LogP contribution in [-0.2, 0) is 4.79 Å². The first-order chi connectivity index (χ1) is 7.63. The molecule has 1 N–H and O–H groups in total. The zero-order valence-corrected chi connectivity index (χ0v) is 10.3. The first kappa shape index (κ1) is 13.1. The van der Waals surface area contributed by atoms with E-state index in [1.165, 1.54) is 6.42 Å². The maximum Gasteiger partial charge on any atom is 0.234 e. The minimum absolute atomic E-state index is 0.0879. The fourth-order valence-electron chi connectivity index (χ4n) is 2.10. The Labute approximate surface area is 98.6 Å². The van der Waals surface area contributed by atoms with Gasteiger partial charge in [-0.05, 0) is 25.3 Å². The molecule has 16 heavy (non-hydrogen) atoms. The highest BCUT2D eigenvalue weighted by Gasteiger charge is 2.21. The molecule has 1 aliphatic rings. The van der Waals surface area contributed by atoms with Crippen LogP contribution in [0, 0.1) is 18.3 Å². The molecule has 1 rings (SSSR count). The van der Waals surface area contributed by atoms with Crippen molar-refractivity contribution in [2.75, 3.05) is 19.6 Å². The van der Waals surface area contributed by atoms with E-state index in [9.17, 15) is 4.79 Å². The summed E-state index contributed by atoms with van der Waals surface area (Å²) in [5.74, 6) is 3.01. The Bertz CT molecular complexity index is 262. The zero-order chi connectivity index (χ0) is 12.0. The quantitative estimate of drug-likeness (QED) is 0.710. The van der Waals surface area contributed by atoms with Crippen molar-refractivity contribution in [2.24, 2.45) is 5.92 Å². The SMILES string of the molecule is C#CCC(=O)N(CC(C)C)CC1CCCN1. The van der Waals surface area contributed by atoms with Gasteiger partial charge in [0.1, 0.15) is 0 Å². The summed E-state index contributed by atoms with van der Waals surface area (Å²) in [6.07, 6.45) is 7.79. The number of rotatable bonds is 5. The van der Waals surface area contributed by atoms with Gasteiger partial charge in [0.15, 0.2) is 0 Å². The van der Waals surface area contributed by atoms with Crippen LogP contribution in [0.4, 0.5) is 0 Å². The van der Waals surface area contributed by atoms with E-state index >= 15 is 0 Å². The molecular weight excluding hydrogens is 200 g/mol. The molecule has 1 unspecified atom stereocenters. The summed E-state index contributed by atoms with van der Waals surface area (Å²) >= 11 is 0. The summed E-state index contributed by atoms with van der Waals surface area (Å²) in [7, 11) is 0. The van der Waals surface area contributed by atoms with E-state index < -0.39 is 0 Å². The third-order valence-electron chi connectivity index (χ3n) is 2.79. The molecule has 3 nitrogen and oxygen atoms in total. The molecule has 0 aromatic heterocycles. The summed E-state index contributed by atoms with van der Waals surface area (Å²) in [6.45, 7) is 6.93. The Morgan fingerprint density at radius 2 is 2.38 bits per heavy atom. The first-order valence-corrected chi connectivity index (χ1v) is 6.08. The van der Waals surface area contributed by atoms with E-state index in [1.807, 2.05) is 4.90 Å². The molecule has 0 spiro atoms. The van der Waals surface area contributed by atoms with E-state index in [0.717, 1.165) is 26.1 Å². The van der Waals surface area contributed by atoms with E-state index in [1.54, 1.807) is 0 Å². The van der Waals surface area contributed by atoms with Crippen LogP contribution in [0.3, 0.4) is 0 Å². The van der Waals surface area contributed by atoms with E-state index in [2.05, 4.69) is 25.1 Å². The molecule has 3 heteroatoms. The molecule has 0 aromatic rings. The lowest BCUT2D eigenvalue weighted by atomic mass is 10.1. The van der Waals surface area contributed by atoms with Gasteiger partial charge in [0.25, 0.3) is 0 Å². The number of carbonyl (C=O) groups is 1. The van der Waals surface area contributed by atoms with Crippen molar-refractivity contribution in [3.8, 4) is 12.3 Å². The molecule has 0 bridgehead atoms. The molecule has 1 atom stereocenters. The maximum absolute atomic E-state index is 11.8. The summed E-state index contributed by atoms with van der Waals surface area (Å²) in [4.78, 5) is 13.7. The Balaban J connectivity index is 2.48. The molecule has 0 aliphatic carbocycles. The van der Waals surface area contributed by atoms with Gasteiger partial charge in [-0.15, -0.1) is 6.42 Å². The topological polar surface area (TPSA) is 32.3 Å². The lowest BCUT2D eigenvalue weighted by molar-refractivity contribution is -0.130. The van der Waals surface area contributed by atoms with Gasteiger partial charge in [0, 0.05) is 19.1 Å². The van der Waals surface area contributed by atoms with Crippen LogP contribution in [0.2, 0.25) is 0 Å². The normalized spacial score (nSPS) is 19.8. The van der Waals surface area contributed by atoms with Crippen LogP contribution in [0.15, 0.2) is 0 Å². The number of carbonyl (C=O) groups excluding carboxylic acids is 1. The van der Waals surface area contributed by atoms with Crippen LogP contribution < -0.4 is 5.32 Å². The third-order valence-corrected chi connectivity index (χ3v) is 2.79. The zero-order valence-electron chi connectivity index (χ0n) is 10.3. The number of hydrogen-bond acceptors (Lipinski definition) is 2. The second kappa shape index (κ2) is 6.55. The first-order valence-electron chi connectivity index (χ1n) is 6.08. The highest BCUT2D eigenvalue weighted by molar-refractivity contribution is 5.78. The van der Waals surface area contributed by atoms with Crippen molar-refractivity contribution in [1.29, 1.82) is 0 Å². The highest BCUT2D eigenvalue weighted by atomic mass is 16.2. The molecule has 1 fully saturated rings. The lowest BCUT2D eigenvalue weighted by Crippen LogP contribution is -2.42. The third kappa shape index (κ3) is 4.24. The minimum Gasteiger partial charge on any atom is -0.340 e. The van der Waals surface area contributed by atoms with Gasteiger partial charge in [-0.2, -0.15) is 0 Å². The van der Waals surface area contributed by atoms with Crippen LogP contribution in [0.5, 0.6) is 0 Å². The van der Waals surface area contributed by atoms with Crippen molar-refractivity contribution >= 4 is 5.91 Å². The summed E-state index contributed by atoms with van der Waals surface area (Å²) < 4.78 is 0. The number of nitrogens with one attached hydrogen (secondary N) is 1. The number of terminal acetylenes is 1. The van der Waals surface area contributed by atoms with Gasteiger partial charge in [-0.3, -0.25) is 4.79 Å². The largest absolute Gasteiger partial charge is 0.340 e. The van der Waals surface area contributed by atoms with Crippen LogP contribution in [-0.4, -0.2) is 36.5 Å². The van der Waals surface area contributed by atoms with Gasteiger partial charge in [0.2, 0.25) is 5.91 Å². The molecule has 0 aromatic carbocycles. The van der Waals surface area contributed by atoms with Crippen molar-refractivity contribution in [2.45, 2.75) is 39.2 Å². The lowest BCUT2D eigenvalue weighted by Gasteiger charge is -2.27. The maximum atomic E-state index is 11.8. The summed E-state index contributed by atoms with van der Waals surface area (Å²) in [5.41, 5.74) is 0. The van der Waals surface area contributed by atoms with E-state index in [-0.39, 0.29) is 12.3 Å². The average Bonchev–Trinajstić information content (AvgIpc) is 2.69. The molecule has 0 radical (unpaired) electrons. The Morgan fingerprint density at radius 3 is 2.88 bits per heavy atom. The van der Waals surface area contributed by atoms with Crippen LogP contribution in [0.25, 0.3) is 0 Å². The standard InChI is InChI=1S/C13H22N2O/c1-4-6-13(16)15(9-11(2)3)10-12-7-5-8-14-12/h1,11-12,14H,5-10H2,2-3H3. The van der Waals surface area contributed by atoms with E-state index in [4.69, 9.17) is 6.42 Å². The van der Waals surface area contributed by atoms with Crippen molar-refractivity contribution in [3.63, 3.8) is 0 Å². The van der Waals surface area contributed by atoms with Crippen molar-refractivity contribution in [1.82, 2.24) is 10.2 Å². The summed E-state index contributed by atoms with van der Waals surface area (Å²) in [5, 5.41) is 3.41. The molecule has 90 valence electrons. The van der Waals surface area contributed by atoms with Gasteiger partial charge < -0.3 is 10.2 Å². The Morgan fingerprint density at radius 1 is 1.62 bits per heavy atom. The minimum atomic E-state index is 0.0879. The van der Waals surface area contributed by atoms with Gasteiger partial charge >= 0.3 is 0 Å². The Hall–Kier alpha value is -1.01. The second-order valence-corrected chi connectivity index (χ2v) is 4.87. The fraction of sp³-hybridized carbons (Fsp3) is 0.769. The molecule has 1 saturated heterocycles. The molecule has 1 aliphatic heterocycles. The van der Waals surface area contributed by atoms with Gasteiger partial charge in [-0.25, -0.2) is 0 Å². The molecule has 1 heterocycles. The predicted molar refractivity (Wildman–Crippen MR) is 65.9 cm³/mol. The van der Waals surface area contributed by atoms with Gasteiger partial charge in [0.05, 0.1) is 6.42 Å². The number of amides is 1. The monoisotopic (exact) mass is 222 g/mol.